The van der Waals surface area contributed by atoms with Gasteiger partial charge in [-0.2, -0.15) is 13.2 Å². The molecule has 0 unspecified atom stereocenters. The van der Waals surface area contributed by atoms with E-state index in [4.69, 9.17) is 4.74 Å². The SMILES string of the molecule is O=C(COC(=O)c1nc(-c2ccccc2)n(-c2ccccc2)n1)NCC(F)(F)F. The Bertz CT molecular complexity index is 932. The van der Waals surface area contributed by atoms with Crippen molar-refractivity contribution in [1.29, 1.82) is 0 Å². The van der Waals surface area contributed by atoms with Crippen molar-refractivity contribution in [2.24, 2.45) is 0 Å². The molecule has 0 aliphatic carbocycles. The van der Waals surface area contributed by atoms with Crippen molar-refractivity contribution in [2.45, 2.75) is 6.18 Å². The van der Waals surface area contributed by atoms with Gasteiger partial charge in [0.1, 0.15) is 6.54 Å². The third-order valence-corrected chi connectivity index (χ3v) is 3.64. The number of alkyl halides is 3. The van der Waals surface area contributed by atoms with Crippen LogP contribution in [0.5, 0.6) is 0 Å². The first kappa shape index (κ1) is 20.1. The number of rotatable bonds is 6. The normalized spacial score (nSPS) is 11.1. The van der Waals surface area contributed by atoms with Crippen LogP contribution in [0.3, 0.4) is 0 Å². The van der Waals surface area contributed by atoms with Gasteiger partial charge in [0.15, 0.2) is 12.4 Å². The van der Waals surface area contributed by atoms with Gasteiger partial charge in [-0.3, -0.25) is 4.79 Å². The Hall–Kier alpha value is -3.69. The van der Waals surface area contributed by atoms with Crippen LogP contribution >= 0.6 is 0 Å². The fraction of sp³-hybridized carbons (Fsp3) is 0.158. The van der Waals surface area contributed by atoms with Crippen LogP contribution in [0.4, 0.5) is 13.2 Å². The molecule has 0 spiro atoms. The maximum atomic E-state index is 12.2. The second-order valence-electron chi connectivity index (χ2n) is 5.84. The zero-order valence-corrected chi connectivity index (χ0v) is 14.9. The van der Waals surface area contributed by atoms with Crippen LogP contribution in [0.15, 0.2) is 60.7 Å². The number of ether oxygens (including phenoxy) is 1. The van der Waals surface area contributed by atoms with Gasteiger partial charge in [-0.05, 0) is 12.1 Å². The Balaban J connectivity index is 1.78. The van der Waals surface area contributed by atoms with Crippen LogP contribution < -0.4 is 5.32 Å². The lowest BCUT2D eigenvalue weighted by Gasteiger charge is -2.08. The number of halogens is 3. The van der Waals surface area contributed by atoms with Crippen molar-refractivity contribution in [2.75, 3.05) is 13.2 Å². The first-order valence-corrected chi connectivity index (χ1v) is 8.42. The van der Waals surface area contributed by atoms with Crippen LogP contribution in [0.1, 0.15) is 10.6 Å². The van der Waals surface area contributed by atoms with Gasteiger partial charge in [0.05, 0.1) is 5.69 Å². The standard InChI is InChI=1S/C19H15F3N4O3/c20-19(21,22)12-23-15(27)11-29-18(28)16-24-17(13-7-3-1-4-8-13)26(25-16)14-9-5-2-6-10-14/h1-10H,11-12H2,(H,23,27). The third-order valence-electron chi connectivity index (χ3n) is 3.64. The Labute approximate surface area is 163 Å². The Morgan fingerprint density at radius 1 is 1.00 bits per heavy atom. The van der Waals surface area contributed by atoms with Crippen LogP contribution in [0, 0.1) is 0 Å². The maximum absolute atomic E-state index is 12.2. The largest absolute Gasteiger partial charge is 0.450 e. The first-order valence-electron chi connectivity index (χ1n) is 8.42. The Kier molecular flexibility index (Phi) is 5.91. The quantitative estimate of drug-likeness (QED) is 0.639. The maximum Gasteiger partial charge on any atom is 0.405 e. The summed E-state index contributed by atoms with van der Waals surface area (Å²) < 4.78 is 42.5. The average molecular weight is 404 g/mol. The molecule has 29 heavy (non-hydrogen) atoms. The molecule has 3 aromatic rings. The van der Waals surface area contributed by atoms with Gasteiger partial charge in [0.2, 0.25) is 0 Å². The van der Waals surface area contributed by atoms with Gasteiger partial charge in [-0.1, -0.05) is 48.5 Å². The lowest BCUT2D eigenvalue weighted by molar-refractivity contribution is -0.140. The number of esters is 1. The zero-order chi connectivity index (χ0) is 20.9. The summed E-state index contributed by atoms with van der Waals surface area (Å²) in [6, 6.07) is 17.9. The van der Waals surface area contributed by atoms with Crippen LogP contribution in [-0.4, -0.2) is 46.0 Å². The average Bonchev–Trinajstić information content (AvgIpc) is 3.17. The van der Waals surface area contributed by atoms with E-state index in [0.717, 1.165) is 0 Å². The number of carbonyl (C=O) groups is 2. The molecule has 0 aliphatic rings. The Morgan fingerprint density at radius 2 is 1.62 bits per heavy atom. The summed E-state index contributed by atoms with van der Waals surface area (Å²) in [6.45, 7) is -2.39. The number of hydrogen-bond acceptors (Lipinski definition) is 5. The molecule has 1 heterocycles. The smallest absolute Gasteiger partial charge is 0.405 e. The molecule has 0 saturated heterocycles. The van der Waals surface area contributed by atoms with E-state index in [-0.39, 0.29) is 5.82 Å². The van der Waals surface area contributed by atoms with Crippen molar-refractivity contribution in [3.05, 3.63) is 66.5 Å². The highest BCUT2D eigenvalue weighted by molar-refractivity contribution is 5.88. The van der Waals surface area contributed by atoms with E-state index in [1.165, 1.54) is 4.68 Å². The summed E-state index contributed by atoms with van der Waals surface area (Å²) in [5.41, 5.74) is 1.33. The van der Waals surface area contributed by atoms with Gasteiger partial charge in [0, 0.05) is 5.56 Å². The van der Waals surface area contributed by atoms with E-state index >= 15 is 0 Å². The van der Waals surface area contributed by atoms with Gasteiger partial charge >= 0.3 is 12.1 Å². The minimum atomic E-state index is -4.56. The lowest BCUT2D eigenvalue weighted by Crippen LogP contribution is -2.36. The topological polar surface area (TPSA) is 86.1 Å². The molecular weight excluding hydrogens is 389 g/mol. The fourth-order valence-electron chi connectivity index (χ4n) is 2.37. The van der Waals surface area contributed by atoms with Crippen LogP contribution in [0.25, 0.3) is 17.1 Å². The molecular formula is C19H15F3N4O3. The highest BCUT2D eigenvalue weighted by Gasteiger charge is 2.28. The monoisotopic (exact) mass is 404 g/mol. The van der Waals surface area contributed by atoms with Gasteiger partial charge in [-0.25, -0.2) is 14.5 Å². The minimum absolute atomic E-state index is 0.323. The summed E-state index contributed by atoms with van der Waals surface area (Å²) in [4.78, 5) is 27.8. The third kappa shape index (κ3) is 5.41. The van der Waals surface area contributed by atoms with E-state index in [1.54, 1.807) is 53.8 Å². The summed E-state index contributed by atoms with van der Waals surface area (Å²) in [6.07, 6.45) is -4.56. The first-order chi connectivity index (χ1) is 13.8. The molecule has 1 N–H and O–H groups in total. The summed E-state index contributed by atoms with van der Waals surface area (Å²) in [5, 5.41) is 5.75. The van der Waals surface area contributed by atoms with E-state index < -0.39 is 31.2 Å². The van der Waals surface area contributed by atoms with E-state index in [9.17, 15) is 22.8 Å². The molecule has 0 saturated carbocycles. The van der Waals surface area contributed by atoms with Crippen LogP contribution in [-0.2, 0) is 9.53 Å². The number of aromatic nitrogens is 3. The van der Waals surface area contributed by atoms with Crippen molar-refractivity contribution in [3.63, 3.8) is 0 Å². The van der Waals surface area contributed by atoms with E-state index in [2.05, 4.69) is 10.1 Å². The molecule has 0 aliphatic heterocycles. The molecule has 0 bridgehead atoms. The molecule has 10 heteroatoms. The molecule has 0 radical (unpaired) electrons. The predicted molar refractivity (Wildman–Crippen MR) is 96.1 cm³/mol. The molecule has 3 rings (SSSR count). The van der Waals surface area contributed by atoms with Crippen molar-refractivity contribution < 1.29 is 27.5 Å². The van der Waals surface area contributed by atoms with Gasteiger partial charge < -0.3 is 10.1 Å². The molecule has 2 aromatic carbocycles. The lowest BCUT2D eigenvalue weighted by atomic mass is 10.2. The molecule has 0 atom stereocenters. The molecule has 7 nitrogen and oxygen atoms in total. The van der Waals surface area contributed by atoms with E-state index in [1.807, 2.05) is 12.1 Å². The summed E-state index contributed by atoms with van der Waals surface area (Å²) in [7, 11) is 0. The summed E-state index contributed by atoms with van der Waals surface area (Å²) >= 11 is 0. The second kappa shape index (κ2) is 8.55. The predicted octanol–water partition coefficient (Wildman–Crippen LogP) is 2.77. The van der Waals surface area contributed by atoms with E-state index in [0.29, 0.717) is 17.1 Å². The van der Waals surface area contributed by atoms with Crippen molar-refractivity contribution in [3.8, 4) is 17.1 Å². The molecule has 0 fully saturated rings. The number of benzene rings is 2. The highest BCUT2D eigenvalue weighted by atomic mass is 19.4. The molecule has 1 amide bonds. The van der Waals surface area contributed by atoms with Crippen molar-refractivity contribution in [1.82, 2.24) is 20.1 Å². The highest BCUT2D eigenvalue weighted by Crippen LogP contribution is 2.21. The van der Waals surface area contributed by atoms with Crippen LogP contribution in [0.2, 0.25) is 0 Å². The fourth-order valence-corrected chi connectivity index (χ4v) is 2.37. The summed E-state index contributed by atoms with van der Waals surface area (Å²) in [5.74, 6) is -2.07. The number of nitrogens with zero attached hydrogens (tertiary/aromatic N) is 3. The van der Waals surface area contributed by atoms with Crippen molar-refractivity contribution >= 4 is 11.9 Å². The number of nitrogens with one attached hydrogen (secondary N) is 1. The molecule has 1 aromatic heterocycles. The zero-order valence-electron chi connectivity index (χ0n) is 14.9. The second-order valence-corrected chi connectivity index (χ2v) is 5.84. The number of carbonyl (C=O) groups excluding carboxylic acids is 2. The van der Waals surface area contributed by atoms with Gasteiger partial charge in [-0.15, -0.1) is 5.10 Å². The number of para-hydroxylation sites is 1. The number of hydrogen-bond donors (Lipinski definition) is 1. The minimum Gasteiger partial charge on any atom is -0.450 e. The van der Waals surface area contributed by atoms with Gasteiger partial charge in [0.25, 0.3) is 11.7 Å². The Morgan fingerprint density at radius 3 is 2.24 bits per heavy atom. The molecule has 150 valence electrons. The number of amides is 1.